The van der Waals surface area contributed by atoms with Gasteiger partial charge in [0.15, 0.2) is 12.6 Å². The number of nitrogens with one attached hydrogen (secondary N) is 3. The second kappa shape index (κ2) is 13.5. The summed E-state index contributed by atoms with van der Waals surface area (Å²) >= 11 is 0. The van der Waals surface area contributed by atoms with E-state index >= 15 is 0 Å². The molecule has 0 spiro atoms. The average Bonchev–Trinajstić information content (AvgIpc) is 3.46. The standard InChI is InChI=1S/C23H35N5O3.HI/c1-3-22(30)28-14-12-19(15-28)27-23(24-4-2)25-13-11-17-5-9-20(10-6-17)31-16-21(29)26-18-7-8-18;/h5-6,9-10,18-19H,3-4,7-8,11-16H2,1-2H3,(H,26,29)(H2,24,25,27);1H. The zero-order valence-corrected chi connectivity index (χ0v) is 21.4. The molecule has 1 heterocycles. The minimum atomic E-state index is -0.0613. The Bertz CT molecular complexity index is 767. The van der Waals surface area contributed by atoms with Crippen molar-refractivity contribution in [2.24, 2.45) is 4.99 Å². The molecule has 3 rings (SSSR count). The van der Waals surface area contributed by atoms with Crippen molar-refractivity contribution < 1.29 is 14.3 Å². The molecule has 2 aliphatic rings. The minimum Gasteiger partial charge on any atom is -0.484 e. The molecule has 1 unspecified atom stereocenters. The third-order valence-corrected chi connectivity index (χ3v) is 5.43. The maximum absolute atomic E-state index is 11.9. The molecule has 1 aliphatic heterocycles. The molecule has 0 aromatic heterocycles. The van der Waals surface area contributed by atoms with E-state index in [1.165, 1.54) is 0 Å². The zero-order valence-electron chi connectivity index (χ0n) is 19.1. The topological polar surface area (TPSA) is 95.1 Å². The highest BCUT2D eigenvalue weighted by Crippen LogP contribution is 2.18. The van der Waals surface area contributed by atoms with Gasteiger partial charge in [-0.1, -0.05) is 19.1 Å². The predicted molar refractivity (Wildman–Crippen MR) is 137 cm³/mol. The van der Waals surface area contributed by atoms with Crippen molar-refractivity contribution in [2.45, 2.75) is 58.0 Å². The van der Waals surface area contributed by atoms with Crippen LogP contribution in [0.2, 0.25) is 0 Å². The summed E-state index contributed by atoms with van der Waals surface area (Å²) in [6, 6.07) is 8.40. The number of ether oxygens (including phenoxy) is 1. The van der Waals surface area contributed by atoms with Crippen LogP contribution in [0.3, 0.4) is 0 Å². The Morgan fingerprint density at radius 2 is 1.84 bits per heavy atom. The van der Waals surface area contributed by atoms with Crippen molar-refractivity contribution in [1.82, 2.24) is 20.9 Å². The summed E-state index contributed by atoms with van der Waals surface area (Å²) in [4.78, 5) is 30.2. The van der Waals surface area contributed by atoms with Gasteiger partial charge in [0.2, 0.25) is 5.91 Å². The van der Waals surface area contributed by atoms with Gasteiger partial charge < -0.3 is 25.6 Å². The number of benzene rings is 1. The van der Waals surface area contributed by atoms with Gasteiger partial charge in [0.25, 0.3) is 5.91 Å². The van der Waals surface area contributed by atoms with Gasteiger partial charge in [-0.2, -0.15) is 0 Å². The molecule has 1 aliphatic carbocycles. The van der Waals surface area contributed by atoms with E-state index in [9.17, 15) is 9.59 Å². The number of nitrogens with zero attached hydrogens (tertiary/aromatic N) is 2. The number of carbonyl (C=O) groups is 2. The fourth-order valence-electron chi connectivity index (χ4n) is 3.54. The van der Waals surface area contributed by atoms with Crippen molar-refractivity contribution in [3.8, 4) is 5.75 Å². The summed E-state index contributed by atoms with van der Waals surface area (Å²) in [7, 11) is 0. The van der Waals surface area contributed by atoms with E-state index in [0.717, 1.165) is 56.8 Å². The quantitative estimate of drug-likeness (QED) is 0.233. The molecule has 2 fully saturated rings. The highest BCUT2D eigenvalue weighted by atomic mass is 127. The van der Waals surface area contributed by atoms with Crippen LogP contribution in [-0.2, 0) is 16.0 Å². The number of likely N-dealkylation sites (tertiary alicyclic amines) is 1. The predicted octanol–water partition coefficient (Wildman–Crippen LogP) is 2.07. The molecule has 2 amide bonds. The molecule has 1 atom stereocenters. The Hall–Kier alpha value is -2.04. The van der Waals surface area contributed by atoms with Crippen LogP contribution in [0.4, 0.5) is 0 Å². The fourth-order valence-corrected chi connectivity index (χ4v) is 3.54. The van der Waals surface area contributed by atoms with E-state index in [2.05, 4.69) is 20.9 Å². The number of hydrogen-bond donors (Lipinski definition) is 3. The van der Waals surface area contributed by atoms with Crippen molar-refractivity contribution >= 4 is 41.8 Å². The van der Waals surface area contributed by atoms with E-state index in [1.54, 1.807) is 0 Å². The van der Waals surface area contributed by atoms with Gasteiger partial charge in [-0.3, -0.25) is 14.6 Å². The number of amides is 2. The highest BCUT2D eigenvalue weighted by Gasteiger charge is 2.25. The minimum absolute atomic E-state index is 0. The van der Waals surface area contributed by atoms with Crippen molar-refractivity contribution in [3.05, 3.63) is 29.8 Å². The molecule has 0 radical (unpaired) electrons. The third kappa shape index (κ3) is 8.84. The van der Waals surface area contributed by atoms with E-state index in [1.807, 2.05) is 43.0 Å². The molecular formula is C23H36IN5O3. The third-order valence-electron chi connectivity index (χ3n) is 5.43. The second-order valence-corrected chi connectivity index (χ2v) is 8.11. The first-order valence-electron chi connectivity index (χ1n) is 11.4. The van der Waals surface area contributed by atoms with E-state index in [4.69, 9.17) is 4.74 Å². The Morgan fingerprint density at radius 1 is 1.09 bits per heavy atom. The van der Waals surface area contributed by atoms with Crippen LogP contribution in [0.5, 0.6) is 5.75 Å². The summed E-state index contributed by atoms with van der Waals surface area (Å²) in [5.74, 6) is 1.64. The number of carbonyl (C=O) groups excluding carboxylic acids is 2. The normalized spacial score (nSPS) is 18.0. The first kappa shape index (κ1) is 26.2. The molecule has 1 aromatic rings. The molecule has 1 saturated carbocycles. The summed E-state index contributed by atoms with van der Waals surface area (Å²) in [5, 5.41) is 9.65. The Labute approximate surface area is 208 Å². The zero-order chi connectivity index (χ0) is 22.1. The summed E-state index contributed by atoms with van der Waals surface area (Å²) < 4.78 is 5.55. The second-order valence-electron chi connectivity index (χ2n) is 8.11. The lowest BCUT2D eigenvalue weighted by Crippen LogP contribution is -2.45. The Kier molecular flexibility index (Phi) is 11.1. The van der Waals surface area contributed by atoms with Crippen molar-refractivity contribution in [3.63, 3.8) is 0 Å². The van der Waals surface area contributed by atoms with E-state index in [0.29, 0.717) is 24.8 Å². The van der Waals surface area contributed by atoms with Gasteiger partial charge in [-0.05, 0) is 50.3 Å². The van der Waals surface area contributed by atoms with Crippen LogP contribution in [0.1, 0.15) is 45.1 Å². The van der Waals surface area contributed by atoms with E-state index < -0.39 is 0 Å². The number of halogens is 1. The summed E-state index contributed by atoms with van der Waals surface area (Å²) in [5.41, 5.74) is 1.16. The molecule has 9 heteroatoms. The molecule has 8 nitrogen and oxygen atoms in total. The fraction of sp³-hybridized carbons (Fsp3) is 0.609. The maximum atomic E-state index is 11.9. The Balaban J connectivity index is 0.00000363. The number of rotatable bonds is 10. The molecular weight excluding hydrogens is 521 g/mol. The molecule has 178 valence electrons. The molecule has 32 heavy (non-hydrogen) atoms. The van der Waals surface area contributed by atoms with Gasteiger partial charge in [0, 0.05) is 44.7 Å². The Morgan fingerprint density at radius 3 is 2.50 bits per heavy atom. The molecule has 1 aromatic carbocycles. The maximum Gasteiger partial charge on any atom is 0.258 e. The number of guanidine groups is 1. The van der Waals surface area contributed by atoms with Crippen molar-refractivity contribution in [2.75, 3.05) is 32.8 Å². The van der Waals surface area contributed by atoms with Gasteiger partial charge in [-0.15, -0.1) is 24.0 Å². The molecule has 0 bridgehead atoms. The highest BCUT2D eigenvalue weighted by molar-refractivity contribution is 14.0. The first-order chi connectivity index (χ1) is 15.1. The lowest BCUT2D eigenvalue weighted by Gasteiger charge is -2.18. The van der Waals surface area contributed by atoms with E-state index in [-0.39, 0.29) is 48.4 Å². The smallest absolute Gasteiger partial charge is 0.258 e. The van der Waals surface area contributed by atoms with Crippen LogP contribution in [-0.4, -0.2) is 67.5 Å². The number of hydrogen-bond acceptors (Lipinski definition) is 4. The van der Waals surface area contributed by atoms with Crippen LogP contribution in [0.25, 0.3) is 0 Å². The average molecular weight is 557 g/mol. The van der Waals surface area contributed by atoms with Crippen molar-refractivity contribution in [1.29, 1.82) is 0 Å². The van der Waals surface area contributed by atoms with Gasteiger partial charge >= 0.3 is 0 Å². The SMILES string of the molecule is CCNC(=NCCc1ccc(OCC(=O)NC2CC2)cc1)NC1CCN(C(=O)CC)C1.I. The molecule has 1 saturated heterocycles. The van der Waals surface area contributed by atoms with Gasteiger partial charge in [0.1, 0.15) is 5.75 Å². The lowest BCUT2D eigenvalue weighted by atomic mass is 10.1. The van der Waals surface area contributed by atoms with Crippen LogP contribution >= 0.6 is 24.0 Å². The van der Waals surface area contributed by atoms with Crippen LogP contribution in [0, 0.1) is 0 Å². The van der Waals surface area contributed by atoms with Crippen LogP contribution in [0.15, 0.2) is 29.3 Å². The lowest BCUT2D eigenvalue weighted by molar-refractivity contribution is -0.129. The summed E-state index contributed by atoms with van der Waals surface area (Å²) in [6.07, 6.45) is 4.45. The molecule has 3 N–H and O–H groups in total. The van der Waals surface area contributed by atoms with Gasteiger partial charge in [-0.25, -0.2) is 0 Å². The summed E-state index contributed by atoms with van der Waals surface area (Å²) in [6.45, 7) is 6.99. The first-order valence-corrected chi connectivity index (χ1v) is 11.4. The monoisotopic (exact) mass is 557 g/mol. The largest absolute Gasteiger partial charge is 0.484 e. The van der Waals surface area contributed by atoms with Crippen LogP contribution < -0.4 is 20.7 Å². The van der Waals surface area contributed by atoms with Gasteiger partial charge in [0.05, 0.1) is 0 Å². The number of aliphatic imine (C=N–C) groups is 1.